The number of halogens is 2. The zero-order valence-corrected chi connectivity index (χ0v) is 13.8. The van der Waals surface area contributed by atoms with E-state index in [1.807, 2.05) is 13.0 Å². The van der Waals surface area contributed by atoms with Crippen LogP contribution in [-0.2, 0) is 10.2 Å². The SMILES string of the molecule is C=CC1(C)CC(c2ccc(F)c(Cl)c2)Nc2ccc(OC=O)nc21. The fourth-order valence-electron chi connectivity index (χ4n) is 2.98. The van der Waals surface area contributed by atoms with E-state index in [1.165, 1.54) is 6.07 Å². The van der Waals surface area contributed by atoms with E-state index in [-0.39, 0.29) is 16.9 Å². The minimum Gasteiger partial charge on any atom is -0.410 e. The molecule has 1 N–H and O–H groups in total. The lowest BCUT2D eigenvalue weighted by molar-refractivity contribution is -0.120. The molecule has 0 bridgehead atoms. The third-order valence-corrected chi connectivity index (χ3v) is 4.62. The van der Waals surface area contributed by atoms with Gasteiger partial charge >= 0.3 is 0 Å². The molecule has 0 radical (unpaired) electrons. The minimum atomic E-state index is -0.444. The van der Waals surface area contributed by atoms with Gasteiger partial charge in [-0.15, -0.1) is 6.58 Å². The Morgan fingerprint density at radius 2 is 2.25 bits per heavy atom. The summed E-state index contributed by atoms with van der Waals surface area (Å²) in [5.41, 5.74) is 2.01. The Balaban J connectivity index is 2.02. The highest BCUT2D eigenvalue weighted by molar-refractivity contribution is 6.30. The molecular weight excluding hydrogens is 331 g/mol. The molecule has 2 unspecified atom stereocenters. The van der Waals surface area contributed by atoms with Crippen molar-refractivity contribution in [2.75, 3.05) is 5.32 Å². The Bertz CT molecular complexity index is 812. The van der Waals surface area contributed by atoms with E-state index in [0.717, 1.165) is 16.9 Å². The zero-order valence-electron chi connectivity index (χ0n) is 13.1. The molecule has 124 valence electrons. The van der Waals surface area contributed by atoms with Crippen LogP contribution in [0, 0.1) is 5.82 Å². The molecule has 2 atom stereocenters. The molecule has 0 aliphatic carbocycles. The number of pyridine rings is 1. The van der Waals surface area contributed by atoms with Gasteiger partial charge < -0.3 is 10.1 Å². The predicted octanol–water partition coefficient (Wildman–Crippen LogP) is 4.41. The number of hydrogen-bond donors (Lipinski definition) is 1. The lowest BCUT2D eigenvalue weighted by atomic mass is 9.75. The lowest BCUT2D eigenvalue weighted by Gasteiger charge is -2.38. The number of allylic oxidation sites excluding steroid dienone is 1. The van der Waals surface area contributed by atoms with Crippen LogP contribution in [0.25, 0.3) is 0 Å². The third-order valence-electron chi connectivity index (χ3n) is 4.33. The van der Waals surface area contributed by atoms with Gasteiger partial charge in [-0.05, 0) is 30.2 Å². The van der Waals surface area contributed by atoms with Crippen molar-refractivity contribution in [3.05, 3.63) is 65.1 Å². The summed E-state index contributed by atoms with van der Waals surface area (Å²) in [7, 11) is 0. The van der Waals surface area contributed by atoms with Crippen molar-refractivity contribution in [3.8, 4) is 5.88 Å². The van der Waals surface area contributed by atoms with Gasteiger partial charge in [0.05, 0.1) is 22.4 Å². The summed E-state index contributed by atoms with van der Waals surface area (Å²) in [4.78, 5) is 14.9. The van der Waals surface area contributed by atoms with Crippen LogP contribution < -0.4 is 10.1 Å². The molecule has 1 aliphatic rings. The van der Waals surface area contributed by atoms with Crippen molar-refractivity contribution in [3.63, 3.8) is 0 Å². The summed E-state index contributed by atoms with van der Waals surface area (Å²) in [5.74, 6) is -0.206. The fourth-order valence-corrected chi connectivity index (χ4v) is 3.17. The number of nitrogens with one attached hydrogen (secondary N) is 1. The molecule has 3 rings (SSSR count). The maximum Gasteiger partial charge on any atom is 0.299 e. The number of fused-ring (bicyclic) bond motifs is 1. The van der Waals surface area contributed by atoms with Crippen LogP contribution in [0.2, 0.25) is 5.02 Å². The van der Waals surface area contributed by atoms with Gasteiger partial charge in [-0.25, -0.2) is 9.37 Å². The number of carbonyl (C=O) groups excluding carboxylic acids is 1. The summed E-state index contributed by atoms with van der Waals surface area (Å²) in [6, 6.07) is 8.05. The highest BCUT2D eigenvalue weighted by atomic mass is 35.5. The van der Waals surface area contributed by atoms with Gasteiger partial charge in [-0.2, -0.15) is 0 Å². The molecule has 0 spiro atoms. The number of rotatable bonds is 4. The number of hydrogen-bond acceptors (Lipinski definition) is 4. The molecule has 0 fully saturated rings. The molecule has 6 heteroatoms. The molecule has 0 amide bonds. The standard InChI is InChI=1S/C18H16ClFN2O2/c1-3-18(2)9-15(11-4-5-13(20)12(19)8-11)21-14-6-7-16(24-10-23)22-17(14)18/h3-8,10,15,21H,1,9H2,2H3. The summed E-state index contributed by atoms with van der Waals surface area (Å²) in [6.07, 6.45) is 2.48. The van der Waals surface area contributed by atoms with E-state index in [4.69, 9.17) is 16.3 Å². The Morgan fingerprint density at radius 3 is 2.92 bits per heavy atom. The average Bonchev–Trinajstić information content (AvgIpc) is 2.58. The second-order valence-corrected chi connectivity index (χ2v) is 6.36. The topological polar surface area (TPSA) is 51.2 Å². The molecule has 2 heterocycles. The molecule has 0 saturated carbocycles. The van der Waals surface area contributed by atoms with Crippen molar-refractivity contribution in [1.82, 2.24) is 4.98 Å². The molecule has 2 aromatic rings. The Labute approximate surface area is 144 Å². The highest BCUT2D eigenvalue weighted by Gasteiger charge is 2.36. The molecule has 1 aliphatic heterocycles. The molecule has 1 aromatic carbocycles. The first-order chi connectivity index (χ1) is 11.5. The lowest BCUT2D eigenvalue weighted by Crippen LogP contribution is -2.33. The summed E-state index contributed by atoms with van der Waals surface area (Å²) < 4.78 is 18.3. The van der Waals surface area contributed by atoms with Gasteiger partial charge in [0.2, 0.25) is 5.88 Å². The number of aromatic nitrogens is 1. The van der Waals surface area contributed by atoms with Crippen LogP contribution in [0.1, 0.15) is 30.6 Å². The number of nitrogens with zero attached hydrogens (tertiary/aromatic N) is 1. The first-order valence-corrected chi connectivity index (χ1v) is 7.81. The summed E-state index contributed by atoms with van der Waals surface area (Å²) >= 11 is 5.91. The predicted molar refractivity (Wildman–Crippen MR) is 90.9 cm³/mol. The molecule has 1 aromatic heterocycles. The number of benzene rings is 1. The quantitative estimate of drug-likeness (QED) is 0.658. The average molecular weight is 347 g/mol. The second-order valence-electron chi connectivity index (χ2n) is 5.96. The summed E-state index contributed by atoms with van der Waals surface area (Å²) in [5, 5.41) is 3.47. The smallest absolute Gasteiger partial charge is 0.299 e. The first-order valence-electron chi connectivity index (χ1n) is 7.44. The molecule has 4 nitrogen and oxygen atoms in total. The van der Waals surface area contributed by atoms with Crippen LogP contribution in [0.15, 0.2) is 43.0 Å². The Morgan fingerprint density at radius 1 is 1.46 bits per heavy atom. The van der Waals surface area contributed by atoms with E-state index in [1.54, 1.807) is 24.3 Å². The maximum atomic E-state index is 13.4. The van der Waals surface area contributed by atoms with Crippen molar-refractivity contribution < 1.29 is 13.9 Å². The summed E-state index contributed by atoms with van der Waals surface area (Å²) in [6.45, 7) is 6.28. The van der Waals surface area contributed by atoms with Crippen LogP contribution in [-0.4, -0.2) is 11.5 Å². The maximum absolute atomic E-state index is 13.4. The van der Waals surface area contributed by atoms with E-state index >= 15 is 0 Å². The van der Waals surface area contributed by atoms with Gasteiger partial charge in [0.25, 0.3) is 6.47 Å². The van der Waals surface area contributed by atoms with Gasteiger partial charge in [-0.1, -0.05) is 30.7 Å². The molecular formula is C18H16ClFN2O2. The van der Waals surface area contributed by atoms with Gasteiger partial charge in [-0.3, -0.25) is 4.79 Å². The van der Waals surface area contributed by atoms with Gasteiger partial charge in [0.1, 0.15) is 5.82 Å². The van der Waals surface area contributed by atoms with Crippen molar-refractivity contribution in [2.24, 2.45) is 0 Å². The van der Waals surface area contributed by atoms with Crippen molar-refractivity contribution in [1.29, 1.82) is 0 Å². The van der Waals surface area contributed by atoms with E-state index < -0.39 is 11.2 Å². The van der Waals surface area contributed by atoms with Crippen molar-refractivity contribution >= 4 is 23.8 Å². The Hall–Kier alpha value is -2.40. The Kier molecular flexibility index (Phi) is 4.28. The van der Waals surface area contributed by atoms with Crippen LogP contribution in [0.5, 0.6) is 5.88 Å². The van der Waals surface area contributed by atoms with E-state index in [9.17, 15) is 9.18 Å². The monoisotopic (exact) mass is 346 g/mol. The largest absolute Gasteiger partial charge is 0.410 e. The van der Waals surface area contributed by atoms with E-state index in [0.29, 0.717) is 12.9 Å². The first kappa shape index (κ1) is 16.5. The van der Waals surface area contributed by atoms with Gasteiger partial charge in [0, 0.05) is 11.5 Å². The third kappa shape index (κ3) is 2.87. The molecule has 24 heavy (non-hydrogen) atoms. The van der Waals surface area contributed by atoms with Crippen LogP contribution in [0.4, 0.5) is 10.1 Å². The van der Waals surface area contributed by atoms with Gasteiger partial charge in [0.15, 0.2) is 0 Å². The van der Waals surface area contributed by atoms with Crippen LogP contribution >= 0.6 is 11.6 Å². The number of anilines is 1. The number of ether oxygens (including phenoxy) is 1. The normalized spacial score (nSPS) is 22.2. The van der Waals surface area contributed by atoms with Crippen molar-refractivity contribution in [2.45, 2.75) is 24.8 Å². The highest BCUT2D eigenvalue weighted by Crippen LogP contribution is 2.44. The molecule has 0 saturated heterocycles. The fraction of sp³-hybridized carbons (Fsp3) is 0.222. The van der Waals surface area contributed by atoms with Crippen LogP contribution in [0.3, 0.4) is 0 Å². The second kappa shape index (κ2) is 6.24. The van der Waals surface area contributed by atoms with E-state index in [2.05, 4.69) is 16.9 Å². The number of carbonyl (C=O) groups is 1. The zero-order chi connectivity index (χ0) is 17.3. The minimum absolute atomic E-state index is 0.0711.